The van der Waals surface area contributed by atoms with Crippen molar-refractivity contribution < 1.29 is 9.66 Å². The minimum absolute atomic E-state index is 0.0831. The predicted octanol–water partition coefficient (Wildman–Crippen LogP) is 2.27. The highest BCUT2D eigenvalue weighted by molar-refractivity contribution is 5.56. The molecule has 0 bridgehead atoms. The molecule has 0 atom stereocenters. The summed E-state index contributed by atoms with van der Waals surface area (Å²) >= 11 is 0. The molecule has 0 fully saturated rings. The van der Waals surface area contributed by atoms with E-state index in [0.29, 0.717) is 23.6 Å². The van der Waals surface area contributed by atoms with Gasteiger partial charge in [-0.25, -0.2) is 4.68 Å². The van der Waals surface area contributed by atoms with E-state index in [-0.39, 0.29) is 11.6 Å². The molecular formula is C12H14N4O3. The Bertz CT molecular complexity index is 621. The summed E-state index contributed by atoms with van der Waals surface area (Å²) in [5, 5.41) is 15.2. The number of anilines is 1. The number of ether oxygens (including phenoxy) is 1. The van der Waals surface area contributed by atoms with Crippen LogP contribution >= 0.6 is 0 Å². The van der Waals surface area contributed by atoms with E-state index >= 15 is 0 Å². The Kier molecular flexibility index (Phi) is 3.37. The van der Waals surface area contributed by atoms with Crippen molar-refractivity contribution in [3.05, 3.63) is 40.1 Å². The van der Waals surface area contributed by atoms with Crippen LogP contribution in [0.4, 0.5) is 11.4 Å². The van der Waals surface area contributed by atoms with Crippen molar-refractivity contribution in [2.75, 3.05) is 5.73 Å². The van der Waals surface area contributed by atoms with E-state index in [4.69, 9.17) is 10.5 Å². The van der Waals surface area contributed by atoms with E-state index < -0.39 is 4.92 Å². The second-order valence-corrected chi connectivity index (χ2v) is 3.97. The van der Waals surface area contributed by atoms with Gasteiger partial charge in [0, 0.05) is 7.05 Å². The Balaban J connectivity index is 2.48. The minimum atomic E-state index is -0.486. The van der Waals surface area contributed by atoms with E-state index in [1.54, 1.807) is 38.2 Å². The van der Waals surface area contributed by atoms with Crippen molar-refractivity contribution >= 4 is 11.4 Å². The highest BCUT2D eigenvalue weighted by Crippen LogP contribution is 2.35. The minimum Gasteiger partial charge on any atom is -0.432 e. The fourth-order valence-corrected chi connectivity index (χ4v) is 1.76. The number of rotatable bonds is 4. The molecule has 0 aliphatic carbocycles. The van der Waals surface area contributed by atoms with Gasteiger partial charge in [0.1, 0.15) is 5.69 Å². The average molecular weight is 262 g/mol. The lowest BCUT2D eigenvalue weighted by atomic mass is 10.3. The summed E-state index contributed by atoms with van der Waals surface area (Å²) in [6.45, 7) is 1.80. The normalized spacial score (nSPS) is 10.4. The van der Waals surface area contributed by atoms with Gasteiger partial charge in [0.25, 0.3) is 5.88 Å². The first-order chi connectivity index (χ1) is 9.04. The number of hydrogen-bond acceptors (Lipinski definition) is 5. The van der Waals surface area contributed by atoms with Gasteiger partial charge in [0.2, 0.25) is 0 Å². The van der Waals surface area contributed by atoms with E-state index in [1.807, 2.05) is 0 Å². The first-order valence-corrected chi connectivity index (χ1v) is 5.77. The largest absolute Gasteiger partial charge is 0.432 e. The molecule has 0 aliphatic rings. The number of hydrogen-bond donors (Lipinski definition) is 1. The SMILES string of the molecule is CCc1nn(C)c(Oc2ccccc2N)c1[N+](=O)[O-]. The quantitative estimate of drug-likeness (QED) is 0.518. The smallest absolute Gasteiger partial charge is 0.353 e. The molecule has 1 aromatic heterocycles. The lowest BCUT2D eigenvalue weighted by Crippen LogP contribution is -1.99. The molecule has 0 amide bonds. The van der Waals surface area contributed by atoms with Crippen molar-refractivity contribution in [1.29, 1.82) is 0 Å². The summed E-state index contributed by atoms with van der Waals surface area (Å²) in [6.07, 6.45) is 0.456. The Morgan fingerprint density at radius 1 is 1.47 bits per heavy atom. The maximum absolute atomic E-state index is 11.1. The Hall–Kier alpha value is -2.57. The standard InChI is InChI=1S/C12H14N4O3/c1-3-9-11(16(17)18)12(15(2)14-9)19-10-7-5-4-6-8(10)13/h4-7H,3,13H2,1-2H3. The summed E-state index contributed by atoms with van der Waals surface area (Å²) in [5.41, 5.74) is 6.44. The topological polar surface area (TPSA) is 96.2 Å². The van der Waals surface area contributed by atoms with E-state index in [0.717, 1.165) is 0 Å². The third-order valence-corrected chi connectivity index (χ3v) is 2.68. The van der Waals surface area contributed by atoms with E-state index in [1.165, 1.54) is 4.68 Å². The third-order valence-electron chi connectivity index (χ3n) is 2.68. The molecule has 7 nitrogen and oxygen atoms in total. The van der Waals surface area contributed by atoms with Crippen LogP contribution in [-0.2, 0) is 13.5 Å². The Labute approximate surface area is 109 Å². The van der Waals surface area contributed by atoms with E-state index in [9.17, 15) is 10.1 Å². The van der Waals surface area contributed by atoms with Gasteiger partial charge in [-0.05, 0) is 18.6 Å². The molecule has 2 rings (SSSR count). The van der Waals surface area contributed by atoms with Crippen molar-refractivity contribution in [2.45, 2.75) is 13.3 Å². The second kappa shape index (κ2) is 4.97. The first kappa shape index (κ1) is 12.9. The van der Waals surface area contributed by atoms with Crippen LogP contribution in [0.5, 0.6) is 11.6 Å². The monoisotopic (exact) mass is 262 g/mol. The van der Waals surface area contributed by atoms with Crippen LogP contribution < -0.4 is 10.5 Å². The predicted molar refractivity (Wildman–Crippen MR) is 70.2 cm³/mol. The fraction of sp³-hybridized carbons (Fsp3) is 0.250. The summed E-state index contributed by atoms with van der Waals surface area (Å²) < 4.78 is 6.90. The van der Waals surface area contributed by atoms with Crippen molar-refractivity contribution in [3.63, 3.8) is 0 Å². The van der Waals surface area contributed by atoms with Crippen LogP contribution in [0.25, 0.3) is 0 Å². The number of nitrogens with zero attached hydrogens (tertiary/aromatic N) is 3. The van der Waals surface area contributed by atoms with Gasteiger partial charge in [-0.2, -0.15) is 5.10 Å². The molecule has 0 radical (unpaired) electrons. The molecule has 0 saturated carbocycles. The van der Waals surface area contributed by atoms with Crippen LogP contribution in [0.3, 0.4) is 0 Å². The van der Waals surface area contributed by atoms with Gasteiger partial charge in [-0.3, -0.25) is 10.1 Å². The Morgan fingerprint density at radius 3 is 2.74 bits per heavy atom. The van der Waals surface area contributed by atoms with Crippen molar-refractivity contribution in [2.24, 2.45) is 7.05 Å². The summed E-state index contributed by atoms with van der Waals surface area (Å²) in [4.78, 5) is 10.6. The van der Waals surface area contributed by atoms with Gasteiger partial charge in [-0.1, -0.05) is 19.1 Å². The number of aromatic nitrogens is 2. The number of nitrogens with two attached hydrogens (primary N) is 1. The van der Waals surface area contributed by atoms with Crippen LogP contribution in [0.1, 0.15) is 12.6 Å². The summed E-state index contributed by atoms with van der Waals surface area (Å²) in [5.74, 6) is 0.455. The summed E-state index contributed by atoms with van der Waals surface area (Å²) in [7, 11) is 1.60. The van der Waals surface area contributed by atoms with Crippen molar-refractivity contribution in [3.8, 4) is 11.6 Å². The van der Waals surface area contributed by atoms with Crippen LogP contribution in [0, 0.1) is 10.1 Å². The number of nitrogen functional groups attached to an aromatic ring is 1. The number of aryl methyl sites for hydroxylation is 2. The molecule has 1 heterocycles. The Morgan fingerprint density at radius 2 is 2.16 bits per heavy atom. The lowest BCUT2D eigenvalue weighted by molar-refractivity contribution is -0.386. The van der Waals surface area contributed by atoms with Gasteiger partial charge < -0.3 is 10.5 Å². The first-order valence-electron chi connectivity index (χ1n) is 5.77. The second-order valence-electron chi connectivity index (χ2n) is 3.97. The zero-order valence-electron chi connectivity index (χ0n) is 10.7. The average Bonchev–Trinajstić information content (AvgIpc) is 2.69. The fourth-order valence-electron chi connectivity index (χ4n) is 1.76. The number of para-hydroxylation sites is 2. The molecule has 2 N–H and O–H groups in total. The van der Waals surface area contributed by atoms with E-state index in [2.05, 4.69) is 5.10 Å². The molecule has 100 valence electrons. The maximum atomic E-state index is 11.1. The van der Waals surface area contributed by atoms with Gasteiger partial charge in [0.05, 0.1) is 10.6 Å². The molecule has 1 aromatic carbocycles. The zero-order chi connectivity index (χ0) is 14.0. The highest BCUT2D eigenvalue weighted by atomic mass is 16.6. The number of nitro groups is 1. The van der Waals surface area contributed by atoms with Crippen LogP contribution in [0.15, 0.2) is 24.3 Å². The molecule has 0 spiro atoms. The summed E-state index contributed by atoms with van der Waals surface area (Å²) in [6, 6.07) is 6.82. The highest BCUT2D eigenvalue weighted by Gasteiger charge is 2.27. The van der Waals surface area contributed by atoms with Gasteiger partial charge >= 0.3 is 5.69 Å². The molecule has 2 aromatic rings. The maximum Gasteiger partial charge on any atom is 0.353 e. The lowest BCUT2D eigenvalue weighted by Gasteiger charge is -2.07. The van der Waals surface area contributed by atoms with Crippen molar-refractivity contribution in [1.82, 2.24) is 9.78 Å². The molecule has 0 unspecified atom stereocenters. The third kappa shape index (κ3) is 2.35. The molecular weight excluding hydrogens is 248 g/mol. The van der Waals surface area contributed by atoms with Gasteiger partial charge in [0.15, 0.2) is 5.75 Å². The molecule has 7 heteroatoms. The molecule has 0 saturated heterocycles. The number of benzene rings is 1. The molecule has 19 heavy (non-hydrogen) atoms. The van der Waals surface area contributed by atoms with Crippen LogP contribution in [-0.4, -0.2) is 14.7 Å². The van der Waals surface area contributed by atoms with Crippen LogP contribution in [0.2, 0.25) is 0 Å². The van der Waals surface area contributed by atoms with Gasteiger partial charge in [-0.15, -0.1) is 0 Å². The zero-order valence-corrected chi connectivity index (χ0v) is 10.7. The molecule has 0 aliphatic heterocycles.